The molecule has 0 radical (unpaired) electrons. The molecule has 1 aromatic carbocycles. The number of anilines is 1. The molecular weight excluding hydrogens is 302 g/mol. The number of allylic oxidation sites excluding steroid dienone is 2. The third kappa shape index (κ3) is 4.37. The van der Waals surface area contributed by atoms with Gasteiger partial charge in [0.1, 0.15) is 0 Å². The number of amides is 2. The zero-order valence-electron chi connectivity index (χ0n) is 14.0. The Morgan fingerprint density at radius 2 is 1.83 bits per heavy atom. The Morgan fingerprint density at radius 1 is 1.08 bits per heavy atom. The second kappa shape index (κ2) is 7.99. The molecule has 1 N–H and O–H groups in total. The van der Waals surface area contributed by atoms with Crippen LogP contribution in [0.3, 0.4) is 0 Å². The summed E-state index contributed by atoms with van der Waals surface area (Å²) in [4.78, 5) is 28.3. The predicted molar refractivity (Wildman–Crippen MR) is 94.7 cm³/mol. The number of nitrogens with zero attached hydrogens (tertiary/aromatic N) is 2. The maximum absolute atomic E-state index is 12.3. The van der Waals surface area contributed by atoms with Gasteiger partial charge in [-0.15, -0.1) is 0 Å². The molecule has 1 heterocycles. The van der Waals surface area contributed by atoms with E-state index in [-0.39, 0.29) is 18.4 Å². The lowest BCUT2D eigenvalue weighted by molar-refractivity contribution is -0.133. The van der Waals surface area contributed by atoms with Crippen LogP contribution >= 0.6 is 0 Å². The van der Waals surface area contributed by atoms with Crippen LogP contribution in [0, 0.1) is 5.92 Å². The zero-order valence-corrected chi connectivity index (χ0v) is 14.0. The van der Waals surface area contributed by atoms with Crippen molar-refractivity contribution in [1.29, 1.82) is 0 Å². The molecule has 0 saturated carbocycles. The topological polar surface area (TPSA) is 52.7 Å². The van der Waals surface area contributed by atoms with Gasteiger partial charge in [-0.05, 0) is 30.9 Å². The largest absolute Gasteiger partial charge is 0.368 e. The summed E-state index contributed by atoms with van der Waals surface area (Å²) in [6, 6.07) is 10.3. The molecule has 24 heavy (non-hydrogen) atoms. The molecule has 2 amide bonds. The molecule has 3 rings (SSSR count). The monoisotopic (exact) mass is 327 g/mol. The van der Waals surface area contributed by atoms with Crippen molar-refractivity contribution in [3.8, 4) is 0 Å². The molecule has 128 valence electrons. The Bertz CT molecular complexity index is 592. The van der Waals surface area contributed by atoms with E-state index in [1.807, 2.05) is 23.1 Å². The van der Waals surface area contributed by atoms with Gasteiger partial charge >= 0.3 is 0 Å². The minimum absolute atomic E-state index is 0.0121. The van der Waals surface area contributed by atoms with Gasteiger partial charge in [0.05, 0.1) is 6.54 Å². The Balaban J connectivity index is 1.39. The highest BCUT2D eigenvalue weighted by Crippen LogP contribution is 2.20. The van der Waals surface area contributed by atoms with Crippen LogP contribution in [0.2, 0.25) is 0 Å². The van der Waals surface area contributed by atoms with Gasteiger partial charge in [-0.25, -0.2) is 0 Å². The van der Waals surface area contributed by atoms with Gasteiger partial charge in [-0.1, -0.05) is 30.4 Å². The van der Waals surface area contributed by atoms with Crippen molar-refractivity contribution < 1.29 is 9.59 Å². The molecule has 1 atom stereocenters. The van der Waals surface area contributed by atoms with E-state index in [0.717, 1.165) is 25.9 Å². The van der Waals surface area contributed by atoms with Crippen molar-refractivity contribution in [2.45, 2.75) is 19.3 Å². The molecule has 5 heteroatoms. The Labute approximate surface area is 143 Å². The van der Waals surface area contributed by atoms with Gasteiger partial charge < -0.3 is 15.1 Å². The summed E-state index contributed by atoms with van der Waals surface area (Å²) >= 11 is 0. The molecule has 0 bridgehead atoms. The first-order valence-electron chi connectivity index (χ1n) is 8.73. The van der Waals surface area contributed by atoms with Gasteiger partial charge in [-0.3, -0.25) is 9.59 Å². The van der Waals surface area contributed by atoms with Crippen molar-refractivity contribution in [3.05, 3.63) is 42.5 Å². The third-order valence-corrected chi connectivity index (χ3v) is 4.75. The van der Waals surface area contributed by atoms with E-state index < -0.39 is 0 Å². The first-order chi connectivity index (χ1) is 11.7. The number of hydrogen-bond acceptors (Lipinski definition) is 3. The van der Waals surface area contributed by atoms with Crippen LogP contribution in [-0.2, 0) is 9.59 Å². The van der Waals surface area contributed by atoms with Gasteiger partial charge in [0.2, 0.25) is 11.8 Å². The van der Waals surface area contributed by atoms with Crippen molar-refractivity contribution in [1.82, 2.24) is 10.2 Å². The maximum atomic E-state index is 12.3. The lowest BCUT2D eigenvalue weighted by Gasteiger charge is -2.36. The van der Waals surface area contributed by atoms with Crippen molar-refractivity contribution in [2.75, 3.05) is 37.6 Å². The Kier molecular flexibility index (Phi) is 5.51. The molecule has 1 aliphatic heterocycles. The molecule has 2 aliphatic rings. The molecule has 1 fully saturated rings. The number of carbonyl (C=O) groups is 2. The lowest BCUT2D eigenvalue weighted by atomic mass is 10.1. The highest BCUT2D eigenvalue weighted by molar-refractivity contribution is 5.85. The van der Waals surface area contributed by atoms with E-state index in [0.29, 0.717) is 25.4 Å². The number of rotatable bonds is 5. The van der Waals surface area contributed by atoms with Crippen LogP contribution in [0.1, 0.15) is 19.3 Å². The maximum Gasteiger partial charge on any atom is 0.242 e. The normalized spacial score (nSPS) is 20.2. The molecular formula is C19H25N3O2. The zero-order chi connectivity index (χ0) is 16.8. The molecule has 1 aromatic rings. The fourth-order valence-electron chi connectivity index (χ4n) is 3.31. The van der Waals surface area contributed by atoms with Gasteiger partial charge in [0, 0.05) is 38.3 Å². The number of hydrogen-bond donors (Lipinski definition) is 1. The average molecular weight is 327 g/mol. The van der Waals surface area contributed by atoms with Gasteiger partial charge in [0.25, 0.3) is 0 Å². The SMILES string of the molecule is O=C(C[C@@H]1C=CCC1)NCC(=O)N1CCN(c2ccccc2)CC1. The van der Waals surface area contributed by atoms with Crippen molar-refractivity contribution in [2.24, 2.45) is 5.92 Å². The van der Waals surface area contributed by atoms with E-state index in [1.54, 1.807) is 0 Å². The molecule has 0 aromatic heterocycles. The predicted octanol–water partition coefficient (Wildman–Crippen LogP) is 1.81. The summed E-state index contributed by atoms with van der Waals surface area (Å²) in [5.41, 5.74) is 1.20. The number of nitrogens with one attached hydrogen (secondary N) is 1. The molecule has 1 saturated heterocycles. The van der Waals surface area contributed by atoms with Gasteiger partial charge in [0.15, 0.2) is 0 Å². The second-order valence-corrected chi connectivity index (χ2v) is 6.45. The third-order valence-electron chi connectivity index (χ3n) is 4.75. The van der Waals surface area contributed by atoms with E-state index in [9.17, 15) is 9.59 Å². The summed E-state index contributed by atoms with van der Waals surface area (Å²) in [6.45, 7) is 3.18. The highest BCUT2D eigenvalue weighted by atomic mass is 16.2. The quantitative estimate of drug-likeness (QED) is 0.839. The lowest BCUT2D eigenvalue weighted by Crippen LogP contribution is -2.51. The number of piperazine rings is 1. The van der Waals surface area contributed by atoms with Crippen LogP contribution < -0.4 is 10.2 Å². The highest BCUT2D eigenvalue weighted by Gasteiger charge is 2.22. The van der Waals surface area contributed by atoms with E-state index in [1.165, 1.54) is 5.69 Å². The summed E-state index contributed by atoms with van der Waals surface area (Å²) in [5, 5.41) is 2.77. The Morgan fingerprint density at radius 3 is 2.50 bits per heavy atom. The van der Waals surface area contributed by atoms with Crippen LogP contribution in [0.5, 0.6) is 0 Å². The van der Waals surface area contributed by atoms with Crippen molar-refractivity contribution in [3.63, 3.8) is 0 Å². The summed E-state index contributed by atoms with van der Waals surface area (Å²) in [7, 11) is 0. The fourth-order valence-corrected chi connectivity index (χ4v) is 3.31. The summed E-state index contributed by atoms with van der Waals surface area (Å²) in [6.07, 6.45) is 6.82. The van der Waals surface area contributed by atoms with Crippen LogP contribution in [0.4, 0.5) is 5.69 Å². The number of para-hydroxylation sites is 1. The summed E-state index contributed by atoms with van der Waals surface area (Å²) < 4.78 is 0. The minimum atomic E-state index is -0.0252. The first kappa shape index (κ1) is 16.6. The van der Waals surface area contributed by atoms with E-state index in [4.69, 9.17) is 0 Å². The molecule has 0 spiro atoms. The number of benzene rings is 1. The minimum Gasteiger partial charge on any atom is -0.368 e. The average Bonchev–Trinajstić information content (AvgIpc) is 3.13. The van der Waals surface area contributed by atoms with Crippen molar-refractivity contribution >= 4 is 17.5 Å². The standard InChI is InChI=1S/C19H25N3O2/c23-18(14-16-6-4-5-7-16)20-15-19(24)22-12-10-21(11-13-22)17-8-2-1-3-9-17/h1-4,6,8-9,16H,5,7,10-15H2,(H,20,23)/t16-/m1/s1. The fraction of sp³-hybridized carbons (Fsp3) is 0.474. The molecule has 0 unspecified atom stereocenters. The number of carbonyl (C=O) groups excluding carboxylic acids is 2. The smallest absolute Gasteiger partial charge is 0.242 e. The van der Waals surface area contributed by atoms with E-state index >= 15 is 0 Å². The van der Waals surface area contributed by atoms with Gasteiger partial charge in [-0.2, -0.15) is 0 Å². The molecule has 5 nitrogen and oxygen atoms in total. The second-order valence-electron chi connectivity index (χ2n) is 6.45. The Hall–Kier alpha value is -2.30. The van der Waals surface area contributed by atoms with E-state index in [2.05, 4.69) is 34.5 Å². The van der Waals surface area contributed by atoms with Crippen LogP contribution in [0.15, 0.2) is 42.5 Å². The first-order valence-corrected chi connectivity index (χ1v) is 8.73. The van der Waals surface area contributed by atoms with Crippen LogP contribution in [-0.4, -0.2) is 49.4 Å². The summed E-state index contributed by atoms with van der Waals surface area (Å²) in [5.74, 6) is 0.329. The molecule has 1 aliphatic carbocycles. The van der Waals surface area contributed by atoms with Crippen LogP contribution in [0.25, 0.3) is 0 Å².